The van der Waals surface area contributed by atoms with Crippen molar-refractivity contribution in [1.29, 1.82) is 0 Å². The van der Waals surface area contributed by atoms with Crippen LogP contribution in [0.1, 0.15) is 46.5 Å². The first-order chi connectivity index (χ1) is 8.91. The van der Waals surface area contributed by atoms with E-state index < -0.39 is 11.9 Å². The van der Waals surface area contributed by atoms with Crippen LogP contribution in [-0.4, -0.2) is 47.2 Å². The van der Waals surface area contributed by atoms with E-state index in [9.17, 15) is 9.59 Å². The third-order valence-corrected chi connectivity index (χ3v) is 3.54. The highest BCUT2D eigenvalue weighted by Crippen LogP contribution is 2.23. The lowest BCUT2D eigenvalue weighted by molar-refractivity contribution is -0.147. The number of hydrogen-bond acceptors (Lipinski definition) is 3. The van der Waals surface area contributed by atoms with Gasteiger partial charge < -0.3 is 14.7 Å². The summed E-state index contributed by atoms with van der Waals surface area (Å²) < 4.78 is 5.40. The van der Waals surface area contributed by atoms with Crippen LogP contribution in [-0.2, 0) is 14.3 Å². The quantitative estimate of drug-likeness (QED) is 0.749. The standard InChI is InChI=1S/C14H25NO4/c1-10(2)19-8-4-5-13(16)15-9-12(14(17)18)7-6-11(15)3/h10-12H,4-9H2,1-3H3,(H,17,18). The molecule has 2 unspecified atom stereocenters. The van der Waals surface area contributed by atoms with E-state index in [2.05, 4.69) is 0 Å². The molecule has 5 nitrogen and oxygen atoms in total. The van der Waals surface area contributed by atoms with Gasteiger partial charge in [0.2, 0.25) is 5.91 Å². The number of carboxylic acids is 1. The molecular weight excluding hydrogens is 246 g/mol. The van der Waals surface area contributed by atoms with Gasteiger partial charge in [-0.05, 0) is 40.0 Å². The molecule has 1 rings (SSSR count). The smallest absolute Gasteiger partial charge is 0.308 e. The Morgan fingerprint density at radius 3 is 2.63 bits per heavy atom. The maximum atomic E-state index is 12.1. The first kappa shape index (κ1) is 16.0. The second-order valence-electron chi connectivity index (χ2n) is 5.53. The molecule has 19 heavy (non-hydrogen) atoms. The van der Waals surface area contributed by atoms with Crippen molar-refractivity contribution in [3.8, 4) is 0 Å². The summed E-state index contributed by atoms with van der Waals surface area (Å²) in [6, 6.07) is 0.147. The average molecular weight is 271 g/mol. The zero-order chi connectivity index (χ0) is 14.4. The third-order valence-electron chi connectivity index (χ3n) is 3.54. The molecule has 110 valence electrons. The molecule has 1 aliphatic heterocycles. The molecule has 0 saturated carbocycles. The lowest BCUT2D eigenvalue weighted by atomic mass is 9.93. The van der Waals surface area contributed by atoms with E-state index in [0.717, 1.165) is 6.42 Å². The molecule has 0 aromatic carbocycles. The molecule has 1 fully saturated rings. The number of ether oxygens (including phenoxy) is 1. The molecule has 1 heterocycles. The summed E-state index contributed by atoms with van der Waals surface area (Å²) in [5, 5.41) is 9.04. The van der Waals surface area contributed by atoms with Gasteiger partial charge in [-0.1, -0.05) is 0 Å². The summed E-state index contributed by atoms with van der Waals surface area (Å²) in [4.78, 5) is 24.8. The van der Waals surface area contributed by atoms with Crippen LogP contribution < -0.4 is 0 Å². The summed E-state index contributed by atoms with van der Waals surface area (Å²) in [5.74, 6) is -1.16. The maximum Gasteiger partial charge on any atom is 0.308 e. The topological polar surface area (TPSA) is 66.8 Å². The van der Waals surface area contributed by atoms with Crippen molar-refractivity contribution < 1.29 is 19.4 Å². The van der Waals surface area contributed by atoms with E-state index in [1.807, 2.05) is 20.8 Å². The van der Waals surface area contributed by atoms with Crippen molar-refractivity contribution in [2.75, 3.05) is 13.2 Å². The van der Waals surface area contributed by atoms with Gasteiger partial charge in [0, 0.05) is 25.6 Å². The summed E-state index contributed by atoms with van der Waals surface area (Å²) in [7, 11) is 0. The van der Waals surface area contributed by atoms with Crippen LogP contribution in [0.15, 0.2) is 0 Å². The van der Waals surface area contributed by atoms with Crippen molar-refractivity contribution >= 4 is 11.9 Å². The summed E-state index contributed by atoms with van der Waals surface area (Å²) >= 11 is 0. The van der Waals surface area contributed by atoms with E-state index in [0.29, 0.717) is 32.4 Å². The second-order valence-corrected chi connectivity index (χ2v) is 5.53. The Hall–Kier alpha value is -1.10. The van der Waals surface area contributed by atoms with Crippen molar-refractivity contribution in [3.63, 3.8) is 0 Å². The number of piperidine rings is 1. The Kier molecular flexibility index (Phi) is 6.28. The maximum absolute atomic E-state index is 12.1. The number of hydrogen-bond donors (Lipinski definition) is 1. The van der Waals surface area contributed by atoms with Gasteiger partial charge in [0.15, 0.2) is 0 Å². The minimum Gasteiger partial charge on any atom is -0.481 e. The molecule has 1 saturated heterocycles. The van der Waals surface area contributed by atoms with E-state index >= 15 is 0 Å². The zero-order valence-electron chi connectivity index (χ0n) is 12.1. The number of nitrogens with zero attached hydrogens (tertiary/aromatic N) is 1. The lowest BCUT2D eigenvalue weighted by Crippen LogP contribution is -2.47. The molecule has 0 spiro atoms. The van der Waals surface area contributed by atoms with Crippen molar-refractivity contribution in [1.82, 2.24) is 4.90 Å². The highest BCUT2D eigenvalue weighted by atomic mass is 16.5. The molecule has 0 aliphatic carbocycles. The average Bonchev–Trinajstić information content (AvgIpc) is 2.34. The molecule has 0 bridgehead atoms. The van der Waals surface area contributed by atoms with Crippen molar-refractivity contribution in [2.24, 2.45) is 5.92 Å². The fourth-order valence-corrected chi connectivity index (χ4v) is 2.34. The van der Waals surface area contributed by atoms with Gasteiger partial charge in [-0.15, -0.1) is 0 Å². The SMILES string of the molecule is CC(C)OCCCC(=O)N1CC(C(=O)O)CCC1C. The Bertz CT molecular complexity index is 317. The Balaban J connectivity index is 2.38. The lowest BCUT2D eigenvalue weighted by Gasteiger charge is -2.36. The normalized spacial score (nSPS) is 23.7. The van der Waals surface area contributed by atoms with Crippen LogP contribution in [0.4, 0.5) is 0 Å². The van der Waals surface area contributed by atoms with Crippen LogP contribution in [0.2, 0.25) is 0 Å². The number of aliphatic carboxylic acids is 1. The van der Waals surface area contributed by atoms with Crippen LogP contribution in [0.25, 0.3) is 0 Å². The second kappa shape index (κ2) is 7.48. The number of amides is 1. The highest BCUT2D eigenvalue weighted by molar-refractivity contribution is 5.78. The molecule has 1 amide bonds. The van der Waals surface area contributed by atoms with E-state index in [-0.39, 0.29) is 18.1 Å². The van der Waals surface area contributed by atoms with Gasteiger partial charge in [0.1, 0.15) is 0 Å². The molecule has 1 N–H and O–H groups in total. The number of likely N-dealkylation sites (tertiary alicyclic amines) is 1. The summed E-state index contributed by atoms with van der Waals surface area (Å²) in [6.07, 6.45) is 2.74. The molecule has 0 aromatic heterocycles. The molecule has 0 aromatic rings. The van der Waals surface area contributed by atoms with Gasteiger partial charge in [-0.25, -0.2) is 0 Å². The van der Waals surface area contributed by atoms with Gasteiger partial charge in [-0.2, -0.15) is 0 Å². The molecule has 0 radical (unpaired) electrons. The number of carbonyl (C=O) groups is 2. The minimum absolute atomic E-state index is 0.0470. The predicted octanol–water partition coefficient (Wildman–Crippen LogP) is 1.90. The monoisotopic (exact) mass is 271 g/mol. The van der Waals surface area contributed by atoms with Gasteiger partial charge in [0.05, 0.1) is 12.0 Å². The van der Waals surface area contributed by atoms with Crippen molar-refractivity contribution in [2.45, 2.75) is 58.6 Å². The van der Waals surface area contributed by atoms with E-state index in [1.165, 1.54) is 0 Å². The predicted molar refractivity (Wildman–Crippen MR) is 71.9 cm³/mol. The molecule has 1 aliphatic rings. The van der Waals surface area contributed by atoms with Crippen LogP contribution >= 0.6 is 0 Å². The summed E-state index contributed by atoms with van der Waals surface area (Å²) in [5.41, 5.74) is 0. The Morgan fingerprint density at radius 2 is 2.05 bits per heavy atom. The number of carbonyl (C=O) groups excluding carboxylic acids is 1. The fraction of sp³-hybridized carbons (Fsp3) is 0.857. The van der Waals surface area contributed by atoms with Gasteiger partial charge >= 0.3 is 5.97 Å². The Labute approximate surface area is 114 Å². The highest BCUT2D eigenvalue weighted by Gasteiger charge is 2.32. The van der Waals surface area contributed by atoms with Crippen LogP contribution in [0, 0.1) is 5.92 Å². The third kappa shape index (κ3) is 5.19. The van der Waals surface area contributed by atoms with Crippen LogP contribution in [0.3, 0.4) is 0 Å². The Morgan fingerprint density at radius 1 is 1.37 bits per heavy atom. The molecule has 5 heteroatoms. The molecular formula is C14H25NO4. The van der Waals surface area contributed by atoms with Crippen molar-refractivity contribution in [3.05, 3.63) is 0 Å². The van der Waals surface area contributed by atoms with E-state index in [4.69, 9.17) is 9.84 Å². The first-order valence-corrected chi connectivity index (χ1v) is 7.05. The van der Waals surface area contributed by atoms with Gasteiger partial charge in [0.25, 0.3) is 0 Å². The number of carboxylic acid groups (broad SMARTS) is 1. The number of rotatable bonds is 6. The van der Waals surface area contributed by atoms with Gasteiger partial charge in [-0.3, -0.25) is 9.59 Å². The molecule has 2 atom stereocenters. The largest absolute Gasteiger partial charge is 0.481 e. The zero-order valence-corrected chi connectivity index (χ0v) is 12.1. The fourth-order valence-electron chi connectivity index (χ4n) is 2.34. The van der Waals surface area contributed by atoms with Crippen LogP contribution in [0.5, 0.6) is 0 Å². The summed E-state index contributed by atoms with van der Waals surface area (Å²) in [6.45, 7) is 6.84. The van der Waals surface area contributed by atoms with E-state index in [1.54, 1.807) is 4.90 Å². The first-order valence-electron chi connectivity index (χ1n) is 7.05. The minimum atomic E-state index is -0.798.